The van der Waals surface area contributed by atoms with Crippen molar-refractivity contribution in [2.45, 2.75) is 39.3 Å². The molecule has 1 aliphatic rings. The van der Waals surface area contributed by atoms with Gasteiger partial charge in [-0.1, -0.05) is 6.92 Å². The van der Waals surface area contributed by atoms with E-state index in [9.17, 15) is 4.79 Å². The summed E-state index contributed by atoms with van der Waals surface area (Å²) in [4.78, 5) is 13.4. The van der Waals surface area contributed by atoms with Crippen LogP contribution in [-0.2, 0) is 4.79 Å². The fraction of sp³-hybridized carbons (Fsp3) is 0.889. The summed E-state index contributed by atoms with van der Waals surface area (Å²) in [5.74, 6) is 0.717. The Kier molecular flexibility index (Phi) is 2.73. The molecule has 3 atom stereocenters. The molecule has 70 valence electrons. The van der Waals surface area contributed by atoms with Crippen LogP contribution < -0.4 is 5.73 Å². The average molecular weight is 170 g/mol. The Morgan fingerprint density at radius 1 is 1.58 bits per heavy atom. The molecule has 0 radical (unpaired) electrons. The van der Waals surface area contributed by atoms with Crippen LogP contribution in [0.4, 0.5) is 0 Å². The first-order valence-electron chi connectivity index (χ1n) is 4.58. The molecule has 0 aromatic rings. The van der Waals surface area contributed by atoms with Gasteiger partial charge in [0.25, 0.3) is 0 Å². The highest BCUT2D eigenvalue weighted by atomic mass is 16.2. The Labute approximate surface area is 73.9 Å². The zero-order chi connectivity index (χ0) is 9.30. The fourth-order valence-corrected chi connectivity index (χ4v) is 1.87. The van der Waals surface area contributed by atoms with Crippen molar-refractivity contribution in [1.82, 2.24) is 4.90 Å². The Morgan fingerprint density at radius 2 is 2.17 bits per heavy atom. The Bertz CT molecular complexity index is 179. The van der Waals surface area contributed by atoms with E-state index in [-0.39, 0.29) is 11.9 Å². The van der Waals surface area contributed by atoms with Gasteiger partial charge in [0.05, 0.1) is 6.04 Å². The molecule has 1 amide bonds. The number of nitrogens with zero attached hydrogens (tertiary/aromatic N) is 1. The smallest absolute Gasteiger partial charge is 0.239 e. The number of rotatable bonds is 1. The van der Waals surface area contributed by atoms with Gasteiger partial charge in [-0.05, 0) is 26.2 Å². The molecular weight excluding hydrogens is 152 g/mol. The Balaban J connectivity index is 2.58. The van der Waals surface area contributed by atoms with Crippen molar-refractivity contribution in [2.24, 2.45) is 11.7 Å². The molecule has 0 spiro atoms. The maximum Gasteiger partial charge on any atom is 0.239 e. The molecule has 1 heterocycles. The highest BCUT2D eigenvalue weighted by molar-refractivity contribution is 5.81. The van der Waals surface area contributed by atoms with Gasteiger partial charge in [0.1, 0.15) is 0 Å². The minimum absolute atomic E-state index is 0.0897. The van der Waals surface area contributed by atoms with E-state index in [1.807, 2.05) is 4.90 Å². The van der Waals surface area contributed by atoms with Crippen LogP contribution in [0.25, 0.3) is 0 Å². The minimum atomic E-state index is -0.349. The van der Waals surface area contributed by atoms with E-state index in [4.69, 9.17) is 5.73 Å². The third-order valence-corrected chi connectivity index (χ3v) is 2.46. The van der Waals surface area contributed by atoms with Crippen molar-refractivity contribution in [3.8, 4) is 0 Å². The summed E-state index contributed by atoms with van der Waals surface area (Å²) >= 11 is 0. The van der Waals surface area contributed by atoms with Gasteiger partial charge < -0.3 is 10.6 Å². The first-order valence-corrected chi connectivity index (χ1v) is 4.58. The summed E-state index contributed by atoms with van der Waals surface area (Å²) in [5.41, 5.74) is 5.53. The van der Waals surface area contributed by atoms with E-state index < -0.39 is 0 Å². The van der Waals surface area contributed by atoms with E-state index in [0.29, 0.717) is 12.0 Å². The first kappa shape index (κ1) is 9.52. The summed E-state index contributed by atoms with van der Waals surface area (Å²) in [6.45, 7) is 6.88. The second-order valence-corrected chi connectivity index (χ2v) is 3.97. The summed E-state index contributed by atoms with van der Waals surface area (Å²) in [6, 6.07) is 0.0243. The summed E-state index contributed by atoms with van der Waals surface area (Å²) in [6.07, 6.45) is 1.11. The predicted octanol–water partition coefficient (Wildman–Crippen LogP) is 0.591. The molecule has 0 aromatic heterocycles. The number of hydrogen-bond acceptors (Lipinski definition) is 2. The summed E-state index contributed by atoms with van der Waals surface area (Å²) in [5, 5.41) is 0. The van der Waals surface area contributed by atoms with E-state index in [2.05, 4.69) is 13.8 Å². The lowest BCUT2D eigenvalue weighted by molar-refractivity contribution is -0.132. The number of amides is 1. The van der Waals surface area contributed by atoms with E-state index in [1.165, 1.54) is 0 Å². The Hall–Kier alpha value is -0.570. The lowest BCUT2D eigenvalue weighted by atomic mass is 10.1. The van der Waals surface area contributed by atoms with Crippen molar-refractivity contribution < 1.29 is 4.79 Å². The number of nitrogens with two attached hydrogens (primary N) is 1. The van der Waals surface area contributed by atoms with Gasteiger partial charge in [-0.3, -0.25) is 4.79 Å². The van der Waals surface area contributed by atoms with Crippen LogP contribution in [0.1, 0.15) is 27.2 Å². The highest BCUT2D eigenvalue weighted by Crippen LogP contribution is 2.22. The van der Waals surface area contributed by atoms with Crippen molar-refractivity contribution >= 4 is 5.91 Å². The van der Waals surface area contributed by atoms with Gasteiger partial charge in [0.15, 0.2) is 0 Å². The van der Waals surface area contributed by atoms with Crippen LogP contribution in [0.5, 0.6) is 0 Å². The number of hydrogen-bond donors (Lipinski definition) is 1. The van der Waals surface area contributed by atoms with Crippen LogP contribution in [0, 0.1) is 5.92 Å². The molecule has 0 aromatic carbocycles. The highest BCUT2D eigenvalue weighted by Gasteiger charge is 2.30. The zero-order valence-electron chi connectivity index (χ0n) is 8.08. The van der Waals surface area contributed by atoms with E-state index >= 15 is 0 Å². The lowest BCUT2D eigenvalue weighted by Crippen LogP contribution is -2.43. The Morgan fingerprint density at radius 3 is 2.50 bits per heavy atom. The molecular formula is C9H18N2O. The van der Waals surface area contributed by atoms with Gasteiger partial charge in [-0.2, -0.15) is 0 Å². The molecule has 2 N–H and O–H groups in total. The van der Waals surface area contributed by atoms with Gasteiger partial charge in [0.2, 0.25) is 5.91 Å². The van der Waals surface area contributed by atoms with E-state index in [0.717, 1.165) is 13.0 Å². The van der Waals surface area contributed by atoms with Gasteiger partial charge in [-0.25, -0.2) is 0 Å². The van der Waals surface area contributed by atoms with Crippen LogP contribution in [0.15, 0.2) is 0 Å². The number of carbonyl (C=O) groups is 1. The van der Waals surface area contributed by atoms with Crippen molar-refractivity contribution in [3.63, 3.8) is 0 Å². The van der Waals surface area contributed by atoms with Gasteiger partial charge in [-0.15, -0.1) is 0 Å². The normalized spacial score (nSPS) is 32.2. The van der Waals surface area contributed by atoms with Crippen LogP contribution in [-0.4, -0.2) is 29.4 Å². The van der Waals surface area contributed by atoms with Gasteiger partial charge in [0, 0.05) is 12.6 Å². The van der Waals surface area contributed by atoms with Crippen LogP contribution in [0.3, 0.4) is 0 Å². The van der Waals surface area contributed by atoms with Crippen molar-refractivity contribution in [1.29, 1.82) is 0 Å². The summed E-state index contributed by atoms with van der Waals surface area (Å²) < 4.78 is 0. The summed E-state index contributed by atoms with van der Waals surface area (Å²) in [7, 11) is 0. The topological polar surface area (TPSA) is 46.3 Å². The third kappa shape index (κ3) is 1.78. The van der Waals surface area contributed by atoms with Crippen LogP contribution in [0.2, 0.25) is 0 Å². The minimum Gasteiger partial charge on any atom is -0.338 e. The maximum atomic E-state index is 11.5. The molecule has 0 saturated carbocycles. The molecule has 3 heteroatoms. The maximum absolute atomic E-state index is 11.5. The number of likely N-dealkylation sites (tertiary alicyclic amines) is 1. The molecule has 0 bridgehead atoms. The fourth-order valence-electron chi connectivity index (χ4n) is 1.87. The SMILES string of the molecule is CC1CC(C)N(C(=O)[C@H](C)N)C1. The standard InChI is InChI=1S/C9H18N2O/c1-6-4-7(2)11(5-6)9(12)8(3)10/h6-8H,4-5,10H2,1-3H3/t6?,7?,8-/m0/s1. The molecule has 3 nitrogen and oxygen atoms in total. The number of carbonyl (C=O) groups excluding carboxylic acids is 1. The molecule has 2 unspecified atom stereocenters. The quantitative estimate of drug-likeness (QED) is 0.626. The predicted molar refractivity (Wildman–Crippen MR) is 48.6 cm³/mol. The lowest BCUT2D eigenvalue weighted by Gasteiger charge is -2.23. The molecule has 1 rings (SSSR count). The third-order valence-electron chi connectivity index (χ3n) is 2.46. The zero-order valence-corrected chi connectivity index (χ0v) is 8.08. The molecule has 1 saturated heterocycles. The second kappa shape index (κ2) is 3.44. The molecule has 1 fully saturated rings. The first-order chi connectivity index (χ1) is 5.52. The largest absolute Gasteiger partial charge is 0.338 e. The van der Waals surface area contributed by atoms with Crippen molar-refractivity contribution in [2.75, 3.05) is 6.54 Å². The van der Waals surface area contributed by atoms with E-state index in [1.54, 1.807) is 6.92 Å². The van der Waals surface area contributed by atoms with Crippen molar-refractivity contribution in [3.05, 3.63) is 0 Å². The second-order valence-electron chi connectivity index (χ2n) is 3.97. The molecule has 0 aliphatic carbocycles. The van der Waals surface area contributed by atoms with Gasteiger partial charge >= 0.3 is 0 Å². The molecule has 1 aliphatic heterocycles. The average Bonchev–Trinajstić information content (AvgIpc) is 2.28. The van der Waals surface area contributed by atoms with Crippen LogP contribution >= 0.6 is 0 Å². The molecule has 12 heavy (non-hydrogen) atoms. The monoisotopic (exact) mass is 170 g/mol.